The second kappa shape index (κ2) is 10.6. The van der Waals surface area contributed by atoms with Crippen molar-refractivity contribution in [1.29, 1.82) is 0 Å². The lowest BCUT2D eigenvalue weighted by Crippen LogP contribution is -2.30. The zero-order valence-electron chi connectivity index (χ0n) is 20.8. The van der Waals surface area contributed by atoms with Gasteiger partial charge in [0.15, 0.2) is 34.5 Å². The van der Waals surface area contributed by atoms with E-state index in [-0.39, 0.29) is 50.2 Å². The van der Waals surface area contributed by atoms with Gasteiger partial charge in [0, 0.05) is 30.8 Å². The Morgan fingerprint density at radius 2 is 1.40 bits per heavy atom. The molecular weight excluding hydrogens is 528 g/mol. The van der Waals surface area contributed by atoms with Gasteiger partial charge in [0.25, 0.3) is 11.8 Å². The molecule has 0 fully saturated rings. The average Bonchev–Trinajstić information content (AvgIpc) is 3.71. The van der Waals surface area contributed by atoms with Crippen LogP contribution < -0.4 is 24.3 Å². The fourth-order valence-electron chi connectivity index (χ4n) is 4.33. The molecule has 1 aromatic heterocycles. The Balaban J connectivity index is 1.18. The summed E-state index contributed by atoms with van der Waals surface area (Å²) in [6, 6.07) is 14.5. The van der Waals surface area contributed by atoms with Crippen LogP contribution in [0.15, 0.2) is 65.2 Å². The number of ether oxygens (including phenoxy) is 4. The third-order valence-corrected chi connectivity index (χ3v) is 6.24. The molecule has 204 valence electrons. The van der Waals surface area contributed by atoms with E-state index in [1.165, 1.54) is 11.0 Å². The highest BCUT2D eigenvalue weighted by atomic mass is 19.1. The zero-order chi connectivity index (χ0) is 27.6. The van der Waals surface area contributed by atoms with Crippen molar-refractivity contribution in [3.8, 4) is 23.0 Å². The van der Waals surface area contributed by atoms with Crippen LogP contribution in [0.1, 0.15) is 37.7 Å². The Morgan fingerprint density at radius 1 is 0.775 bits per heavy atom. The molecule has 0 saturated heterocycles. The number of nitrogens with zero attached hydrogens (tertiary/aromatic N) is 2. The van der Waals surface area contributed by atoms with Gasteiger partial charge in [0.05, 0.1) is 6.54 Å². The summed E-state index contributed by atoms with van der Waals surface area (Å²) in [5.41, 5.74) is 1.29. The fraction of sp³-hybridized carbons (Fsp3) is 0.179. The first kappa shape index (κ1) is 25.2. The molecule has 12 heteroatoms. The molecule has 0 saturated carbocycles. The summed E-state index contributed by atoms with van der Waals surface area (Å²) >= 11 is 0. The second-order valence-corrected chi connectivity index (χ2v) is 9.06. The summed E-state index contributed by atoms with van der Waals surface area (Å²) < 4.78 is 54.5. The molecule has 0 bridgehead atoms. The number of halogens is 2. The average molecular weight is 549 g/mol. The van der Waals surface area contributed by atoms with E-state index >= 15 is 0 Å². The number of hydrogen-bond acceptors (Lipinski definition) is 8. The summed E-state index contributed by atoms with van der Waals surface area (Å²) in [5.74, 6) is -0.393. The monoisotopic (exact) mass is 549 g/mol. The lowest BCUT2D eigenvalue weighted by Gasteiger charge is -2.22. The molecule has 0 spiro atoms. The molecule has 1 N–H and O–H groups in total. The molecule has 0 radical (unpaired) electrons. The first-order valence-electron chi connectivity index (χ1n) is 12.2. The fourth-order valence-corrected chi connectivity index (χ4v) is 4.33. The minimum Gasteiger partial charge on any atom is -0.454 e. The maximum absolute atomic E-state index is 13.9. The first-order valence-corrected chi connectivity index (χ1v) is 12.2. The molecule has 3 heterocycles. The number of benzene rings is 3. The highest BCUT2D eigenvalue weighted by Gasteiger charge is 2.23. The van der Waals surface area contributed by atoms with Crippen molar-refractivity contribution in [3.63, 3.8) is 0 Å². The topological polar surface area (TPSA) is 112 Å². The minimum atomic E-state index is -0.882. The first-order chi connectivity index (χ1) is 19.4. The van der Waals surface area contributed by atoms with Crippen molar-refractivity contribution >= 4 is 11.8 Å². The Bertz CT molecular complexity index is 1590. The molecule has 6 rings (SSSR count). The summed E-state index contributed by atoms with van der Waals surface area (Å²) in [4.78, 5) is 27.4. The van der Waals surface area contributed by atoms with Crippen LogP contribution in [0.2, 0.25) is 0 Å². The Kier molecular flexibility index (Phi) is 6.64. The number of hydrogen-bond donors (Lipinski definition) is 1. The molecule has 40 heavy (non-hydrogen) atoms. The van der Waals surface area contributed by atoms with Crippen LogP contribution in [0.4, 0.5) is 8.78 Å². The van der Waals surface area contributed by atoms with E-state index in [4.69, 9.17) is 23.5 Å². The van der Waals surface area contributed by atoms with Crippen LogP contribution in [0.25, 0.3) is 0 Å². The highest BCUT2D eigenvalue weighted by Crippen LogP contribution is 2.34. The van der Waals surface area contributed by atoms with Gasteiger partial charge in [0.1, 0.15) is 11.6 Å². The maximum Gasteiger partial charge on any atom is 0.273 e. The molecule has 2 amide bonds. The summed E-state index contributed by atoms with van der Waals surface area (Å²) in [6.45, 7) is 0.349. The predicted octanol–water partition coefficient (Wildman–Crippen LogP) is 4.18. The quantitative estimate of drug-likeness (QED) is 0.348. The predicted molar refractivity (Wildman–Crippen MR) is 133 cm³/mol. The van der Waals surface area contributed by atoms with Gasteiger partial charge in [-0.05, 0) is 47.5 Å². The van der Waals surface area contributed by atoms with Crippen LogP contribution in [-0.2, 0) is 19.6 Å². The number of fused-ring (bicyclic) bond motifs is 2. The van der Waals surface area contributed by atoms with E-state index < -0.39 is 23.4 Å². The van der Waals surface area contributed by atoms with Gasteiger partial charge in [0.2, 0.25) is 13.6 Å². The van der Waals surface area contributed by atoms with E-state index in [0.29, 0.717) is 34.6 Å². The molecular formula is C28H21F2N3O7. The van der Waals surface area contributed by atoms with E-state index in [9.17, 15) is 18.4 Å². The number of aromatic nitrogens is 1. The Hall–Kier alpha value is -5.13. The van der Waals surface area contributed by atoms with Crippen molar-refractivity contribution in [3.05, 3.63) is 100 Å². The summed E-state index contributed by atoms with van der Waals surface area (Å²) in [7, 11) is 0. The van der Waals surface area contributed by atoms with Crippen LogP contribution in [0.3, 0.4) is 0 Å². The molecule has 10 nitrogen and oxygen atoms in total. The Labute approximate surface area is 226 Å². The third kappa shape index (κ3) is 5.37. The third-order valence-electron chi connectivity index (χ3n) is 6.24. The van der Waals surface area contributed by atoms with Gasteiger partial charge in [-0.15, -0.1) is 0 Å². The molecule has 0 aliphatic carbocycles. The van der Waals surface area contributed by atoms with E-state index in [0.717, 1.165) is 17.7 Å². The smallest absolute Gasteiger partial charge is 0.273 e. The summed E-state index contributed by atoms with van der Waals surface area (Å²) in [5, 5.41) is 6.58. The minimum absolute atomic E-state index is 0.00280. The molecule has 0 unspecified atom stereocenters. The lowest BCUT2D eigenvalue weighted by molar-refractivity contribution is 0.0711. The zero-order valence-corrected chi connectivity index (χ0v) is 20.8. The maximum atomic E-state index is 13.9. The van der Waals surface area contributed by atoms with Crippen molar-refractivity contribution in [2.45, 2.75) is 19.6 Å². The number of rotatable bonds is 8. The van der Waals surface area contributed by atoms with Crippen LogP contribution >= 0.6 is 0 Å². The molecule has 4 aromatic rings. The normalized spacial score (nSPS) is 12.8. The summed E-state index contributed by atoms with van der Waals surface area (Å²) in [6.07, 6.45) is 0. The van der Waals surface area contributed by atoms with E-state index in [1.807, 2.05) is 0 Å². The van der Waals surface area contributed by atoms with Gasteiger partial charge < -0.3 is 33.7 Å². The van der Waals surface area contributed by atoms with Gasteiger partial charge in [-0.25, -0.2) is 8.78 Å². The SMILES string of the molecule is O=C(NCc1ccc2c(c1)OCO2)c1cc(CN(Cc2ccc3c(c2)OCO3)C(=O)c2cc(F)cc(F)c2)on1. The van der Waals surface area contributed by atoms with Gasteiger partial charge in [-0.3, -0.25) is 9.59 Å². The highest BCUT2D eigenvalue weighted by molar-refractivity contribution is 5.94. The van der Waals surface area contributed by atoms with Gasteiger partial charge >= 0.3 is 0 Å². The number of amides is 2. The second-order valence-electron chi connectivity index (χ2n) is 9.06. The Morgan fingerprint density at radius 3 is 2.10 bits per heavy atom. The number of carbonyl (C=O) groups excluding carboxylic acids is 2. The van der Waals surface area contributed by atoms with Crippen molar-refractivity contribution < 1.29 is 41.8 Å². The van der Waals surface area contributed by atoms with Crippen molar-refractivity contribution in [2.75, 3.05) is 13.6 Å². The van der Waals surface area contributed by atoms with Crippen molar-refractivity contribution in [1.82, 2.24) is 15.4 Å². The number of nitrogens with one attached hydrogen (secondary N) is 1. The molecule has 0 atom stereocenters. The van der Waals surface area contributed by atoms with Crippen LogP contribution in [0, 0.1) is 11.6 Å². The van der Waals surface area contributed by atoms with Crippen LogP contribution in [0.5, 0.6) is 23.0 Å². The molecule has 2 aliphatic rings. The van der Waals surface area contributed by atoms with Gasteiger partial charge in [-0.1, -0.05) is 17.3 Å². The number of carbonyl (C=O) groups is 2. The van der Waals surface area contributed by atoms with E-state index in [2.05, 4.69) is 10.5 Å². The van der Waals surface area contributed by atoms with Crippen molar-refractivity contribution in [2.24, 2.45) is 0 Å². The van der Waals surface area contributed by atoms with Crippen LogP contribution in [-0.4, -0.2) is 35.5 Å². The molecule has 2 aliphatic heterocycles. The standard InChI is InChI=1S/C28H21F2N3O7/c29-19-7-18(8-20(30)9-19)28(35)33(12-17-2-4-24-26(6-17)39-15-37-24)13-21-10-22(32-40-21)27(34)31-11-16-1-3-23-25(5-16)38-14-36-23/h1-10H,11-15H2,(H,31,34). The largest absolute Gasteiger partial charge is 0.454 e. The molecule has 3 aromatic carbocycles. The van der Waals surface area contributed by atoms with Gasteiger partial charge in [-0.2, -0.15) is 0 Å². The lowest BCUT2D eigenvalue weighted by atomic mass is 10.1. The van der Waals surface area contributed by atoms with E-state index in [1.54, 1.807) is 36.4 Å².